The summed E-state index contributed by atoms with van der Waals surface area (Å²) >= 11 is 0. The van der Waals surface area contributed by atoms with Gasteiger partial charge in [0.1, 0.15) is 5.75 Å². The minimum atomic E-state index is -0.162. The van der Waals surface area contributed by atoms with E-state index < -0.39 is 0 Å². The first kappa shape index (κ1) is 19.0. The molecule has 1 heterocycles. The number of nitrogens with one attached hydrogen (secondary N) is 1. The highest BCUT2D eigenvalue weighted by Crippen LogP contribution is 2.20. The van der Waals surface area contributed by atoms with Gasteiger partial charge >= 0.3 is 0 Å². The molecule has 0 aliphatic carbocycles. The van der Waals surface area contributed by atoms with Crippen molar-refractivity contribution in [3.63, 3.8) is 0 Å². The van der Waals surface area contributed by atoms with Gasteiger partial charge in [-0.05, 0) is 43.0 Å². The van der Waals surface area contributed by atoms with Gasteiger partial charge in [0.25, 0.3) is 0 Å². The Morgan fingerprint density at radius 2 is 1.78 bits per heavy atom. The highest BCUT2D eigenvalue weighted by molar-refractivity contribution is 6.02. The molecule has 2 aromatic carbocycles. The van der Waals surface area contributed by atoms with E-state index in [2.05, 4.69) is 34.2 Å². The number of methoxy groups -OCH3 is 1. The Morgan fingerprint density at radius 3 is 2.44 bits per heavy atom. The topological polar surface area (TPSA) is 44.8 Å². The van der Waals surface area contributed by atoms with Gasteiger partial charge in [-0.1, -0.05) is 25.1 Å². The summed E-state index contributed by atoms with van der Waals surface area (Å²) in [5, 5.41) is 2.90. The molecule has 0 spiro atoms. The lowest BCUT2D eigenvalue weighted by molar-refractivity contribution is -0.111. The molecule has 0 atom stereocenters. The summed E-state index contributed by atoms with van der Waals surface area (Å²) in [5.74, 6) is 0.583. The van der Waals surface area contributed by atoms with Gasteiger partial charge in [0, 0.05) is 49.2 Å². The average molecular weight is 365 g/mol. The van der Waals surface area contributed by atoms with Crippen molar-refractivity contribution in [1.29, 1.82) is 0 Å². The van der Waals surface area contributed by atoms with E-state index >= 15 is 0 Å². The van der Waals surface area contributed by atoms with Crippen LogP contribution in [0, 0.1) is 0 Å². The second kappa shape index (κ2) is 9.24. The minimum absolute atomic E-state index is 0.162. The van der Waals surface area contributed by atoms with Crippen LogP contribution in [0.25, 0.3) is 6.08 Å². The van der Waals surface area contributed by atoms with Gasteiger partial charge in [0.05, 0.1) is 7.11 Å². The van der Waals surface area contributed by atoms with Gasteiger partial charge in [-0.3, -0.25) is 4.79 Å². The lowest BCUT2D eigenvalue weighted by Crippen LogP contribution is -2.46. The number of piperazine rings is 1. The van der Waals surface area contributed by atoms with E-state index in [0.29, 0.717) is 0 Å². The maximum atomic E-state index is 12.2. The molecule has 0 bridgehead atoms. The summed E-state index contributed by atoms with van der Waals surface area (Å²) in [5.41, 5.74) is 2.87. The summed E-state index contributed by atoms with van der Waals surface area (Å²) in [6.07, 6.45) is 3.28. The normalized spacial score (nSPS) is 15.1. The van der Waals surface area contributed by atoms with Crippen LogP contribution in [0.5, 0.6) is 5.75 Å². The number of nitrogens with zero attached hydrogens (tertiary/aromatic N) is 2. The van der Waals surface area contributed by atoms with Crippen molar-refractivity contribution in [3.8, 4) is 5.75 Å². The highest BCUT2D eigenvalue weighted by atomic mass is 16.5. The number of carbonyl (C=O) groups excluding carboxylic acids is 1. The van der Waals surface area contributed by atoms with Crippen LogP contribution in [-0.4, -0.2) is 50.6 Å². The van der Waals surface area contributed by atoms with Gasteiger partial charge in [-0.15, -0.1) is 0 Å². The Bertz CT molecular complexity index is 778. The standard InChI is InChI=1S/C22H27N3O2/c1-3-24-14-16-25(17-15-24)20-11-9-19(10-12-20)23-22(26)13-8-18-6-4-5-7-21(18)27-2/h4-13H,3,14-17H2,1-2H3,(H,23,26)/b13-8-. The first-order valence-electron chi connectivity index (χ1n) is 9.39. The molecule has 2 aromatic rings. The largest absolute Gasteiger partial charge is 0.496 e. The number of likely N-dealkylation sites (N-methyl/N-ethyl adjacent to an activating group) is 1. The molecule has 0 aromatic heterocycles. The van der Waals surface area contributed by atoms with Gasteiger partial charge in [0.2, 0.25) is 5.91 Å². The van der Waals surface area contributed by atoms with Gasteiger partial charge in [-0.2, -0.15) is 0 Å². The van der Waals surface area contributed by atoms with E-state index in [9.17, 15) is 4.79 Å². The lowest BCUT2D eigenvalue weighted by Gasteiger charge is -2.35. The average Bonchev–Trinajstić information content (AvgIpc) is 2.73. The first-order valence-corrected chi connectivity index (χ1v) is 9.39. The molecule has 27 heavy (non-hydrogen) atoms. The molecule has 5 heteroatoms. The van der Waals surface area contributed by atoms with E-state index in [1.54, 1.807) is 13.2 Å². The van der Waals surface area contributed by atoms with Crippen molar-refractivity contribution in [3.05, 3.63) is 60.2 Å². The smallest absolute Gasteiger partial charge is 0.248 e. The molecule has 0 saturated carbocycles. The molecule has 0 unspecified atom stereocenters. The number of anilines is 2. The number of hydrogen-bond donors (Lipinski definition) is 1. The van der Waals surface area contributed by atoms with E-state index in [-0.39, 0.29) is 5.91 Å². The van der Waals surface area contributed by atoms with Gasteiger partial charge < -0.3 is 19.9 Å². The molecule has 1 amide bonds. The zero-order chi connectivity index (χ0) is 19.1. The summed E-state index contributed by atoms with van der Waals surface area (Å²) in [4.78, 5) is 17.0. The van der Waals surface area contributed by atoms with Crippen molar-refractivity contribution >= 4 is 23.4 Å². The van der Waals surface area contributed by atoms with Crippen LogP contribution in [0.15, 0.2) is 54.6 Å². The number of hydrogen-bond acceptors (Lipinski definition) is 4. The molecule has 3 rings (SSSR count). The molecule has 1 aliphatic heterocycles. The molecule has 1 saturated heterocycles. The Hall–Kier alpha value is -2.79. The van der Waals surface area contributed by atoms with Crippen molar-refractivity contribution in [2.45, 2.75) is 6.92 Å². The zero-order valence-electron chi connectivity index (χ0n) is 16.0. The molecular weight excluding hydrogens is 338 g/mol. The van der Waals surface area contributed by atoms with Gasteiger partial charge in [0.15, 0.2) is 0 Å². The maximum Gasteiger partial charge on any atom is 0.248 e. The Labute approximate surface area is 161 Å². The second-order valence-corrected chi connectivity index (χ2v) is 6.53. The summed E-state index contributed by atoms with van der Waals surface area (Å²) in [6.45, 7) is 7.60. The van der Waals surface area contributed by atoms with Crippen LogP contribution in [0.4, 0.5) is 11.4 Å². The predicted molar refractivity (Wildman–Crippen MR) is 111 cm³/mol. The van der Waals surface area contributed by atoms with Gasteiger partial charge in [-0.25, -0.2) is 0 Å². The summed E-state index contributed by atoms with van der Waals surface area (Å²) < 4.78 is 5.29. The quantitative estimate of drug-likeness (QED) is 0.796. The predicted octanol–water partition coefficient (Wildman–Crippen LogP) is 3.49. The number of benzene rings is 2. The Morgan fingerprint density at radius 1 is 1.07 bits per heavy atom. The van der Waals surface area contributed by atoms with Crippen LogP contribution in [-0.2, 0) is 4.79 Å². The third kappa shape index (κ3) is 5.11. The van der Waals surface area contributed by atoms with Crippen LogP contribution < -0.4 is 15.0 Å². The molecule has 1 N–H and O–H groups in total. The van der Waals surface area contributed by atoms with E-state index in [0.717, 1.165) is 49.7 Å². The molecule has 1 fully saturated rings. The van der Waals surface area contributed by atoms with E-state index in [1.807, 2.05) is 36.4 Å². The maximum absolute atomic E-state index is 12.2. The van der Waals surface area contributed by atoms with Crippen molar-refractivity contribution in [2.75, 3.05) is 50.1 Å². The molecule has 5 nitrogen and oxygen atoms in total. The zero-order valence-corrected chi connectivity index (χ0v) is 16.0. The molecular formula is C22H27N3O2. The number of carbonyl (C=O) groups is 1. The minimum Gasteiger partial charge on any atom is -0.496 e. The fraction of sp³-hybridized carbons (Fsp3) is 0.318. The monoisotopic (exact) mass is 365 g/mol. The van der Waals surface area contributed by atoms with Crippen molar-refractivity contribution in [1.82, 2.24) is 4.90 Å². The van der Waals surface area contributed by atoms with Crippen LogP contribution in [0.1, 0.15) is 12.5 Å². The number of ether oxygens (including phenoxy) is 1. The number of amides is 1. The van der Waals surface area contributed by atoms with E-state index in [4.69, 9.17) is 4.74 Å². The van der Waals surface area contributed by atoms with Crippen molar-refractivity contribution < 1.29 is 9.53 Å². The SMILES string of the molecule is CCN1CCN(c2ccc(NC(=O)/C=C\c3ccccc3OC)cc2)CC1. The summed E-state index contributed by atoms with van der Waals surface area (Å²) in [7, 11) is 1.62. The number of rotatable bonds is 6. The number of para-hydroxylation sites is 1. The first-order chi connectivity index (χ1) is 13.2. The van der Waals surface area contributed by atoms with Crippen LogP contribution >= 0.6 is 0 Å². The molecule has 142 valence electrons. The van der Waals surface area contributed by atoms with Crippen LogP contribution in [0.2, 0.25) is 0 Å². The summed E-state index contributed by atoms with van der Waals surface area (Å²) in [6, 6.07) is 15.7. The lowest BCUT2D eigenvalue weighted by atomic mass is 10.2. The van der Waals surface area contributed by atoms with Crippen molar-refractivity contribution in [2.24, 2.45) is 0 Å². The third-order valence-electron chi connectivity index (χ3n) is 4.87. The Balaban J connectivity index is 1.56. The van der Waals surface area contributed by atoms with E-state index in [1.165, 1.54) is 11.8 Å². The highest BCUT2D eigenvalue weighted by Gasteiger charge is 2.15. The third-order valence-corrected chi connectivity index (χ3v) is 4.87. The molecule has 1 aliphatic rings. The second-order valence-electron chi connectivity index (χ2n) is 6.53. The fourth-order valence-corrected chi connectivity index (χ4v) is 3.23. The fourth-order valence-electron chi connectivity index (χ4n) is 3.23. The molecule has 0 radical (unpaired) electrons. The Kier molecular flexibility index (Phi) is 6.49. The van der Waals surface area contributed by atoms with Crippen LogP contribution in [0.3, 0.4) is 0 Å².